The van der Waals surface area contributed by atoms with E-state index in [2.05, 4.69) is 104 Å². The van der Waals surface area contributed by atoms with Gasteiger partial charge in [-0.1, -0.05) is 169 Å². The van der Waals surface area contributed by atoms with Crippen molar-refractivity contribution in [2.75, 3.05) is 6.61 Å². The molecule has 5 atom stereocenters. The zero-order valence-electron chi connectivity index (χ0n) is 29.6. The molecule has 0 aliphatic carbocycles. The highest BCUT2D eigenvalue weighted by atomic mass is 16.6. The van der Waals surface area contributed by atoms with Gasteiger partial charge >= 0.3 is 0 Å². The van der Waals surface area contributed by atoms with Gasteiger partial charge in [-0.3, -0.25) is 0 Å². The topological polar surface area (TPSA) is 46.2 Å². The quantitative estimate of drug-likeness (QED) is 0.107. The molecule has 1 aliphatic rings. The minimum Gasteiger partial charge on any atom is -0.374 e. The standard InChI is InChI=1S/C47H46O5/c1-35-25-27-40(28-26-35)41-23-14-24-42(29-41)44-46(50-32-38-19-10-4-11-20-38)47(51-33-39-21-12-5-13-22-39)45(49-31-37-17-8-3-9-18-37)43(52-44)34-48-30-36-15-6-2-7-16-36/h2-29,43-47H,30-34H2,1H3/t43-,44+,45-,46+,47+/m1/s1. The van der Waals surface area contributed by atoms with Crippen molar-refractivity contribution in [2.24, 2.45) is 0 Å². The molecule has 0 amide bonds. The molecular weight excluding hydrogens is 645 g/mol. The maximum absolute atomic E-state index is 7.15. The van der Waals surface area contributed by atoms with E-state index in [0.717, 1.165) is 38.9 Å². The van der Waals surface area contributed by atoms with Gasteiger partial charge in [-0.25, -0.2) is 0 Å². The zero-order chi connectivity index (χ0) is 35.4. The summed E-state index contributed by atoms with van der Waals surface area (Å²) in [5.41, 5.74) is 8.82. The maximum atomic E-state index is 7.15. The maximum Gasteiger partial charge on any atom is 0.117 e. The predicted octanol–water partition coefficient (Wildman–Crippen LogP) is 10.1. The third-order valence-electron chi connectivity index (χ3n) is 9.48. The average Bonchev–Trinajstić information content (AvgIpc) is 3.20. The average molecular weight is 691 g/mol. The van der Waals surface area contributed by atoms with E-state index >= 15 is 0 Å². The van der Waals surface area contributed by atoms with E-state index in [1.165, 1.54) is 5.56 Å². The fourth-order valence-electron chi connectivity index (χ4n) is 6.70. The molecule has 1 heterocycles. The molecule has 6 aromatic carbocycles. The Morgan fingerprint density at radius 1 is 0.442 bits per heavy atom. The summed E-state index contributed by atoms with van der Waals surface area (Å²) in [6.45, 7) is 4.08. The Morgan fingerprint density at radius 3 is 1.46 bits per heavy atom. The zero-order valence-corrected chi connectivity index (χ0v) is 29.6. The summed E-state index contributed by atoms with van der Waals surface area (Å²) in [4.78, 5) is 0. The number of benzene rings is 6. The normalized spacial score (nSPS) is 20.1. The Kier molecular flexibility index (Phi) is 12.3. The molecule has 0 aromatic heterocycles. The van der Waals surface area contributed by atoms with Crippen LogP contribution < -0.4 is 0 Å². The molecule has 5 heteroatoms. The fourth-order valence-corrected chi connectivity index (χ4v) is 6.70. The van der Waals surface area contributed by atoms with E-state index in [0.29, 0.717) is 33.0 Å². The second-order valence-electron chi connectivity index (χ2n) is 13.4. The molecular formula is C47H46O5. The van der Waals surface area contributed by atoms with Crippen molar-refractivity contribution in [1.82, 2.24) is 0 Å². The third kappa shape index (κ3) is 9.51. The molecule has 264 valence electrons. The summed E-state index contributed by atoms with van der Waals surface area (Å²) >= 11 is 0. The van der Waals surface area contributed by atoms with Crippen molar-refractivity contribution >= 4 is 0 Å². The lowest BCUT2D eigenvalue weighted by Gasteiger charge is -2.46. The highest BCUT2D eigenvalue weighted by Crippen LogP contribution is 2.39. The van der Waals surface area contributed by atoms with Crippen LogP contribution in [0.3, 0.4) is 0 Å². The first-order valence-corrected chi connectivity index (χ1v) is 18.1. The van der Waals surface area contributed by atoms with Crippen molar-refractivity contribution in [3.05, 3.63) is 203 Å². The Hall–Kier alpha value is -4.88. The van der Waals surface area contributed by atoms with E-state index in [1.807, 2.05) is 72.8 Å². The molecule has 6 aromatic rings. The molecule has 0 spiro atoms. The lowest BCUT2D eigenvalue weighted by molar-refractivity contribution is -0.275. The van der Waals surface area contributed by atoms with Gasteiger partial charge in [0.15, 0.2) is 0 Å². The smallest absolute Gasteiger partial charge is 0.117 e. The van der Waals surface area contributed by atoms with Gasteiger partial charge in [0.2, 0.25) is 0 Å². The Labute approximate surface area is 307 Å². The number of aryl methyl sites for hydroxylation is 1. The third-order valence-corrected chi connectivity index (χ3v) is 9.48. The molecule has 0 saturated carbocycles. The first kappa shape index (κ1) is 35.5. The van der Waals surface area contributed by atoms with E-state index in [9.17, 15) is 0 Å². The van der Waals surface area contributed by atoms with Crippen molar-refractivity contribution in [3.63, 3.8) is 0 Å². The first-order chi connectivity index (χ1) is 25.7. The van der Waals surface area contributed by atoms with Gasteiger partial charge in [-0.2, -0.15) is 0 Å². The number of rotatable bonds is 15. The predicted molar refractivity (Wildman–Crippen MR) is 205 cm³/mol. The van der Waals surface area contributed by atoms with Crippen LogP contribution >= 0.6 is 0 Å². The number of hydrogen-bond acceptors (Lipinski definition) is 5. The summed E-state index contributed by atoms with van der Waals surface area (Å²) in [6, 6.07) is 58.2. The molecule has 7 rings (SSSR count). The van der Waals surface area contributed by atoms with E-state index < -0.39 is 30.5 Å². The van der Waals surface area contributed by atoms with Gasteiger partial charge in [0.1, 0.15) is 30.5 Å². The van der Waals surface area contributed by atoms with Crippen LogP contribution in [0, 0.1) is 6.92 Å². The molecule has 0 radical (unpaired) electrons. The summed E-state index contributed by atoms with van der Waals surface area (Å²) < 4.78 is 34.3. The van der Waals surface area contributed by atoms with Crippen molar-refractivity contribution < 1.29 is 23.7 Å². The van der Waals surface area contributed by atoms with Crippen molar-refractivity contribution in [2.45, 2.75) is 63.9 Å². The molecule has 1 fully saturated rings. The number of hydrogen-bond donors (Lipinski definition) is 0. The van der Waals surface area contributed by atoms with Crippen LogP contribution in [0.4, 0.5) is 0 Å². The van der Waals surface area contributed by atoms with E-state index in [1.54, 1.807) is 0 Å². The van der Waals surface area contributed by atoms with E-state index in [4.69, 9.17) is 23.7 Å². The van der Waals surface area contributed by atoms with Gasteiger partial charge in [-0.15, -0.1) is 0 Å². The molecule has 5 nitrogen and oxygen atoms in total. The second kappa shape index (κ2) is 18.1. The highest BCUT2D eigenvalue weighted by molar-refractivity contribution is 5.64. The Morgan fingerprint density at radius 2 is 0.923 bits per heavy atom. The summed E-state index contributed by atoms with van der Waals surface area (Å²) in [7, 11) is 0. The van der Waals surface area contributed by atoms with Crippen LogP contribution in [0.25, 0.3) is 11.1 Å². The summed E-state index contributed by atoms with van der Waals surface area (Å²) in [5, 5.41) is 0. The summed E-state index contributed by atoms with van der Waals surface area (Å²) in [5.74, 6) is 0. The summed E-state index contributed by atoms with van der Waals surface area (Å²) in [6.07, 6.45) is -2.38. The van der Waals surface area contributed by atoms with Crippen LogP contribution in [-0.2, 0) is 50.1 Å². The van der Waals surface area contributed by atoms with Crippen LogP contribution in [0.15, 0.2) is 170 Å². The first-order valence-electron chi connectivity index (χ1n) is 18.1. The van der Waals surface area contributed by atoms with Gasteiger partial charge in [0.05, 0.1) is 33.0 Å². The molecule has 1 saturated heterocycles. The fraction of sp³-hybridized carbons (Fsp3) is 0.234. The lowest BCUT2D eigenvalue weighted by atomic mass is 9.89. The SMILES string of the molecule is Cc1ccc(-c2cccc([C@@H]3O[C@H](COCc4ccccc4)[C@@H](OCc4ccccc4)[C@H](OCc4ccccc4)[C@H]3OCc3ccccc3)c2)cc1. The number of ether oxygens (including phenoxy) is 5. The van der Waals surface area contributed by atoms with Gasteiger partial charge in [-0.05, 0) is 51.9 Å². The molecule has 0 unspecified atom stereocenters. The highest BCUT2D eigenvalue weighted by Gasteiger charge is 2.49. The van der Waals surface area contributed by atoms with Crippen LogP contribution in [-0.4, -0.2) is 31.0 Å². The Bertz CT molecular complexity index is 1920. The van der Waals surface area contributed by atoms with Gasteiger partial charge in [0, 0.05) is 0 Å². The van der Waals surface area contributed by atoms with E-state index in [-0.39, 0.29) is 0 Å². The minimum atomic E-state index is -0.497. The van der Waals surface area contributed by atoms with Crippen molar-refractivity contribution in [1.29, 1.82) is 0 Å². The molecule has 1 aliphatic heterocycles. The molecule has 0 N–H and O–H groups in total. The largest absolute Gasteiger partial charge is 0.374 e. The molecule has 0 bridgehead atoms. The van der Waals surface area contributed by atoms with Gasteiger partial charge in [0.25, 0.3) is 0 Å². The van der Waals surface area contributed by atoms with Gasteiger partial charge < -0.3 is 23.7 Å². The van der Waals surface area contributed by atoms with Crippen LogP contribution in [0.2, 0.25) is 0 Å². The Balaban J connectivity index is 1.26. The monoisotopic (exact) mass is 690 g/mol. The van der Waals surface area contributed by atoms with Crippen molar-refractivity contribution in [3.8, 4) is 11.1 Å². The van der Waals surface area contributed by atoms with Crippen LogP contribution in [0.1, 0.15) is 39.5 Å². The lowest BCUT2D eigenvalue weighted by Crippen LogP contribution is -2.58. The minimum absolute atomic E-state index is 0.319. The molecule has 52 heavy (non-hydrogen) atoms. The second-order valence-corrected chi connectivity index (χ2v) is 13.4. The van der Waals surface area contributed by atoms with Crippen LogP contribution in [0.5, 0.6) is 0 Å².